The Morgan fingerprint density at radius 1 is 1.38 bits per heavy atom. The predicted molar refractivity (Wildman–Crippen MR) is 29.0 cm³/mol. The standard InChI is InChI=1S/C5H8N2O/c8-6-7-2-4-1-5(4)3-7/h4-5H,1-3H2/t4-,5+. The lowest BCUT2D eigenvalue weighted by atomic mass is 10.4. The van der Waals surface area contributed by atoms with Crippen molar-refractivity contribution in [2.75, 3.05) is 13.1 Å². The highest BCUT2D eigenvalue weighted by Gasteiger charge is 2.45. The molecule has 0 radical (unpaired) electrons. The molecule has 2 rings (SSSR count). The first-order valence-electron chi connectivity index (χ1n) is 2.98. The second-order valence-electron chi connectivity index (χ2n) is 2.71. The van der Waals surface area contributed by atoms with Crippen LogP contribution in [0.15, 0.2) is 5.29 Å². The van der Waals surface area contributed by atoms with Crippen LogP contribution in [0.3, 0.4) is 0 Å². The maximum Gasteiger partial charge on any atom is 0.0524 e. The highest BCUT2D eigenvalue weighted by molar-refractivity contribution is 4.95. The Bertz CT molecular complexity index is 116. The molecule has 0 spiro atoms. The molecule has 0 aromatic rings. The van der Waals surface area contributed by atoms with E-state index in [9.17, 15) is 4.91 Å². The summed E-state index contributed by atoms with van der Waals surface area (Å²) in [5.74, 6) is 1.65. The zero-order valence-corrected chi connectivity index (χ0v) is 4.58. The number of hydrogen-bond donors (Lipinski definition) is 0. The van der Waals surface area contributed by atoms with Crippen molar-refractivity contribution in [3.63, 3.8) is 0 Å². The Labute approximate surface area is 47.6 Å². The minimum absolute atomic E-state index is 0.827. The van der Waals surface area contributed by atoms with Gasteiger partial charge in [-0.25, -0.2) is 0 Å². The van der Waals surface area contributed by atoms with Crippen molar-refractivity contribution in [2.24, 2.45) is 17.1 Å². The normalized spacial score (nSPS) is 41.8. The van der Waals surface area contributed by atoms with E-state index in [4.69, 9.17) is 0 Å². The van der Waals surface area contributed by atoms with Crippen molar-refractivity contribution >= 4 is 0 Å². The number of piperidine rings is 1. The maximum absolute atomic E-state index is 9.85. The van der Waals surface area contributed by atoms with E-state index in [-0.39, 0.29) is 0 Å². The highest BCUT2D eigenvalue weighted by Crippen LogP contribution is 2.44. The first-order valence-corrected chi connectivity index (χ1v) is 2.98. The Morgan fingerprint density at radius 3 is 2.38 bits per heavy atom. The average Bonchev–Trinajstić information content (AvgIpc) is 2.40. The van der Waals surface area contributed by atoms with E-state index in [0.717, 1.165) is 24.9 Å². The molecule has 1 aliphatic heterocycles. The van der Waals surface area contributed by atoms with Crippen molar-refractivity contribution in [1.29, 1.82) is 0 Å². The van der Waals surface area contributed by atoms with Crippen LogP contribution in [0.1, 0.15) is 6.42 Å². The summed E-state index contributed by atoms with van der Waals surface area (Å²) in [6.07, 6.45) is 1.34. The minimum atomic E-state index is 0.827. The van der Waals surface area contributed by atoms with Crippen LogP contribution in [0.4, 0.5) is 0 Å². The van der Waals surface area contributed by atoms with Crippen LogP contribution in [0.2, 0.25) is 0 Å². The fraction of sp³-hybridized carbons (Fsp3) is 1.00. The third-order valence-electron chi connectivity index (χ3n) is 2.08. The molecule has 1 saturated heterocycles. The summed E-state index contributed by atoms with van der Waals surface area (Å²) in [6.45, 7) is 1.85. The molecule has 0 amide bonds. The van der Waals surface area contributed by atoms with Gasteiger partial charge >= 0.3 is 0 Å². The number of hydrogen-bond acceptors (Lipinski definition) is 2. The van der Waals surface area contributed by atoms with Crippen molar-refractivity contribution in [3.05, 3.63) is 4.91 Å². The summed E-state index contributed by atoms with van der Waals surface area (Å²) in [5.41, 5.74) is 0. The molecule has 0 bridgehead atoms. The van der Waals surface area contributed by atoms with Gasteiger partial charge in [0.25, 0.3) is 0 Å². The van der Waals surface area contributed by atoms with Crippen molar-refractivity contribution < 1.29 is 0 Å². The molecule has 2 aliphatic rings. The van der Waals surface area contributed by atoms with Gasteiger partial charge in [0.05, 0.1) is 5.29 Å². The summed E-state index contributed by atoms with van der Waals surface area (Å²) in [6, 6.07) is 0. The molecule has 44 valence electrons. The van der Waals surface area contributed by atoms with E-state index in [1.54, 1.807) is 5.01 Å². The molecule has 1 saturated carbocycles. The highest BCUT2D eigenvalue weighted by atomic mass is 16.3. The lowest BCUT2D eigenvalue weighted by Crippen LogP contribution is -2.14. The molecule has 0 N–H and O–H groups in total. The van der Waals surface area contributed by atoms with Gasteiger partial charge in [-0.2, -0.15) is 0 Å². The summed E-state index contributed by atoms with van der Waals surface area (Å²) in [5, 5.41) is 4.48. The van der Waals surface area contributed by atoms with Gasteiger partial charge < -0.3 is 0 Å². The molecule has 0 unspecified atom stereocenters. The lowest BCUT2D eigenvalue weighted by molar-refractivity contribution is 0.317. The fourth-order valence-corrected chi connectivity index (χ4v) is 1.44. The molecule has 3 nitrogen and oxygen atoms in total. The van der Waals surface area contributed by atoms with Crippen LogP contribution in [0, 0.1) is 16.7 Å². The molecule has 2 atom stereocenters. The molecule has 2 fully saturated rings. The average molecular weight is 112 g/mol. The molecule has 0 aromatic heterocycles. The first-order chi connectivity index (χ1) is 3.90. The summed E-state index contributed by atoms with van der Waals surface area (Å²) >= 11 is 0. The topological polar surface area (TPSA) is 32.7 Å². The van der Waals surface area contributed by atoms with E-state index in [1.807, 2.05) is 0 Å². The number of nitrogens with zero attached hydrogens (tertiary/aromatic N) is 2. The first kappa shape index (κ1) is 4.30. The van der Waals surface area contributed by atoms with Crippen LogP contribution in [-0.2, 0) is 0 Å². The molecular weight excluding hydrogens is 104 g/mol. The molecular formula is C5H8N2O. The zero-order chi connectivity index (χ0) is 5.56. The van der Waals surface area contributed by atoms with Crippen LogP contribution in [0.5, 0.6) is 0 Å². The van der Waals surface area contributed by atoms with Gasteiger partial charge in [-0.05, 0) is 18.3 Å². The third kappa shape index (κ3) is 0.441. The van der Waals surface area contributed by atoms with Crippen LogP contribution in [-0.4, -0.2) is 18.1 Å². The minimum Gasteiger partial charge on any atom is -0.260 e. The van der Waals surface area contributed by atoms with Crippen LogP contribution in [0.25, 0.3) is 0 Å². The van der Waals surface area contributed by atoms with Gasteiger partial charge in [-0.3, -0.25) is 5.01 Å². The summed E-state index contributed by atoms with van der Waals surface area (Å²) in [7, 11) is 0. The summed E-state index contributed by atoms with van der Waals surface area (Å²) in [4.78, 5) is 9.85. The Morgan fingerprint density at radius 2 is 2.00 bits per heavy atom. The smallest absolute Gasteiger partial charge is 0.0524 e. The lowest BCUT2D eigenvalue weighted by Gasteiger charge is -2.05. The van der Waals surface area contributed by atoms with Crippen molar-refractivity contribution in [2.45, 2.75) is 6.42 Å². The van der Waals surface area contributed by atoms with Gasteiger partial charge in [0, 0.05) is 13.1 Å². The number of rotatable bonds is 1. The summed E-state index contributed by atoms with van der Waals surface area (Å²) < 4.78 is 0. The molecule has 8 heavy (non-hydrogen) atoms. The molecule has 1 aliphatic carbocycles. The molecule has 0 aromatic carbocycles. The van der Waals surface area contributed by atoms with E-state index in [0.29, 0.717) is 0 Å². The van der Waals surface area contributed by atoms with Gasteiger partial charge in [0.15, 0.2) is 0 Å². The largest absolute Gasteiger partial charge is 0.260 e. The zero-order valence-electron chi connectivity index (χ0n) is 4.58. The third-order valence-corrected chi connectivity index (χ3v) is 2.08. The fourth-order valence-electron chi connectivity index (χ4n) is 1.44. The van der Waals surface area contributed by atoms with Gasteiger partial charge in [0.1, 0.15) is 0 Å². The second-order valence-corrected chi connectivity index (χ2v) is 2.71. The quantitative estimate of drug-likeness (QED) is 0.466. The van der Waals surface area contributed by atoms with E-state index in [2.05, 4.69) is 5.29 Å². The van der Waals surface area contributed by atoms with Gasteiger partial charge in [0.2, 0.25) is 0 Å². The second kappa shape index (κ2) is 1.21. The Balaban J connectivity index is 1.98. The van der Waals surface area contributed by atoms with Crippen molar-refractivity contribution in [3.8, 4) is 0 Å². The van der Waals surface area contributed by atoms with E-state index in [1.165, 1.54) is 6.42 Å². The SMILES string of the molecule is O=NN1C[C@H]2C[C@H]2C1. The Hall–Kier alpha value is -0.600. The Kier molecular flexibility index (Phi) is 0.652. The van der Waals surface area contributed by atoms with Gasteiger partial charge in [-0.15, -0.1) is 4.91 Å². The van der Waals surface area contributed by atoms with E-state index >= 15 is 0 Å². The molecule has 3 heteroatoms. The van der Waals surface area contributed by atoms with E-state index < -0.39 is 0 Å². The monoisotopic (exact) mass is 112 g/mol. The number of nitroso groups, excluding NO2 is 1. The maximum atomic E-state index is 9.85. The molecule has 1 heterocycles. The van der Waals surface area contributed by atoms with Crippen LogP contribution < -0.4 is 0 Å². The van der Waals surface area contributed by atoms with Gasteiger partial charge in [-0.1, -0.05) is 0 Å². The van der Waals surface area contributed by atoms with Crippen LogP contribution >= 0.6 is 0 Å². The number of fused-ring (bicyclic) bond motifs is 1. The van der Waals surface area contributed by atoms with Crippen molar-refractivity contribution in [1.82, 2.24) is 5.01 Å². The predicted octanol–water partition coefficient (Wildman–Crippen LogP) is 0.620.